The fourth-order valence-corrected chi connectivity index (χ4v) is 1.66. The van der Waals surface area contributed by atoms with Gasteiger partial charge in [0, 0.05) is 11.8 Å². The zero-order chi connectivity index (χ0) is 18.3. The van der Waals surface area contributed by atoms with Gasteiger partial charge in [-0.2, -0.15) is 0 Å². The molecule has 0 aromatic carbocycles. The Kier molecular flexibility index (Phi) is 8.35. The molecule has 4 atom stereocenters. The van der Waals surface area contributed by atoms with Crippen LogP contribution in [0.15, 0.2) is 48.6 Å². The second kappa shape index (κ2) is 8.73. The summed E-state index contributed by atoms with van der Waals surface area (Å²) in [4.78, 5) is 21.6. The highest BCUT2D eigenvalue weighted by molar-refractivity contribution is 7.45. The molecule has 2 rings (SSSR count). The summed E-state index contributed by atoms with van der Waals surface area (Å²) in [7, 11) is -4.64. The van der Waals surface area contributed by atoms with Gasteiger partial charge in [-0.3, -0.25) is 0 Å². The average Bonchev–Trinajstić information content (AvgIpc) is 2.35. The van der Waals surface area contributed by atoms with Gasteiger partial charge in [-0.05, 0) is 13.8 Å². The summed E-state index contributed by atoms with van der Waals surface area (Å²) in [5.74, 6) is 0.477. The van der Waals surface area contributed by atoms with Crippen molar-refractivity contribution in [1.29, 1.82) is 0 Å². The molecular weight excluding hydrogens is 319 g/mol. The highest BCUT2D eigenvalue weighted by atomic mass is 31.2. The standard InChI is InChI=1S/2C8H12O.H3O4P/c2*1-7-5-3-4-6-8(7,2)9;1-5(2,3)4/h2*3-7,9H,1-2H3;(H3,1,2,3,4). The van der Waals surface area contributed by atoms with E-state index in [9.17, 15) is 10.2 Å². The van der Waals surface area contributed by atoms with Gasteiger partial charge in [0.2, 0.25) is 0 Å². The van der Waals surface area contributed by atoms with Gasteiger partial charge in [0.1, 0.15) is 0 Å². The first-order chi connectivity index (χ1) is 10.3. The largest absolute Gasteiger partial charge is 0.466 e. The molecule has 0 radical (unpaired) electrons. The van der Waals surface area contributed by atoms with Crippen LogP contribution in [0.3, 0.4) is 0 Å². The average molecular weight is 346 g/mol. The van der Waals surface area contributed by atoms with Crippen molar-refractivity contribution in [1.82, 2.24) is 0 Å². The minimum Gasteiger partial charge on any atom is -0.385 e. The van der Waals surface area contributed by atoms with Crippen molar-refractivity contribution in [3.05, 3.63) is 48.6 Å². The van der Waals surface area contributed by atoms with Crippen molar-refractivity contribution in [2.24, 2.45) is 11.8 Å². The van der Waals surface area contributed by atoms with Crippen molar-refractivity contribution < 1.29 is 29.5 Å². The maximum absolute atomic E-state index is 9.50. The van der Waals surface area contributed by atoms with E-state index >= 15 is 0 Å². The molecule has 0 heterocycles. The Morgan fingerprint density at radius 3 is 1.17 bits per heavy atom. The second-order valence-corrected chi connectivity index (χ2v) is 7.06. The molecule has 2 aliphatic rings. The molecule has 0 aliphatic heterocycles. The third-order valence-electron chi connectivity index (χ3n) is 3.73. The van der Waals surface area contributed by atoms with Crippen LogP contribution in [0.1, 0.15) is 27.7 Å². The van der Waals surface area contributed by atoms with E-state index in [2.05, 4.69) is 0 Å². The number of rotatable bonds is 0. The Hall–Kier alpha value is -1.01. The molecule has 0 fully saturated rings. The molecule has 132 valence electrons. The van der Waals surface area contributed by atoms with E-state index in [4.69, 9.17) is 19.2 Å². The summed E-state index contributed by atoms with van der Waals surface area (Å²) in [5, 5.41) is 19.0. The minimum absolute atomic E-state index is 0.238. The van der Waals surface area contributed by atoms with Gasteiger partial charge < -0.3 is 24.9 Å². The Labute approximate surface area is 137 Å². The van der Waals surface area contributed by atoms with Crippen molar-refractivity contribution in [2.75, 3.05) is 0 Å². The van der Waals surface area contributed by atoms with Crippen LogP contribution < -0.4 is 0 Å². The fraction of sp³-hybridized carbons (Fsp3) is 0.500. The third kappa shape index (κ3) is 10.4. The summed E-state index contributed by atoms with van der Waals surface area (Å²) in [6, 6.07) is 0. The van der Waals surface area contributed by atoms with Crippen molar-refractivity contribution in [3.63, 3.8) is 0 Å². The number of phosphoric acid groups is 1. The van der Waals surface area contributed by atoms with Crippen LogP contribution >= 0.6 is 7.82 Å². The third-order valence-corrected chi connectivity index (χ3v) is 3.73. The molecule has 0 saturated carbocycles. The first-order valence-corrected chi connectivity index (χ1v) is 8.77. The molecule has 2 aliphatic carbocycles. The van der Waals surface area contributed by atoms with Crippen LogP contribution in [-0.4, -0.2) is 36.1 Å². The lowest BCUT2D eigenvalue weighted by Gasteiger charge is -2.26. The lowest BCUT2D eigenvalue weighted by Crippen LogP contribution is -2.29. The topological polar surface area (TPSA) is 118 Å². The molecule has 4 unspecified atom stereocenters. The smallest absolute Gasteiger partial charge is 0.385 e. The van der Waals surface area contributed by atoms with Gasteiger partial charge in [-0.1, -0.05) is 62.5 Å². The van der Waals surface area contributed by atoms with Crippen molar-refractivity contribution in [2.45, 2.75) is 38.9 Å². The maximum Gasteiger partial charge on any atom is 0.466 e. The van der Waals surface area contributed by atoms with Crippen molar-refractivity contribution in [3.8, 4) is 0 Å². The molecular formula is C16H27O6P. The molecule has 6 nitrogen and oxygen atoms in total. The zero-order valence-electron chi connectivity index (χ0n) is 13.9. The first kappa shape index (κ1) is 22.0. The van der Waals surface area contributed by atoms with E-state index in [1.54, 1.807) is 0 Å². The van der Waals surface area contributed by atoms with Crippen molar-refractivity contribution >= 4 is 7.82 Å². The van der Waals surface area contributed by atoms with E-state index in [1.807, 2.05) is 76.3 Å². The van der Waals surface area contributed by atoms with E-state index in [-0.39, 0.29) is 11.8 Å². The number of aliphatic hydroxyl groups is 2. The van der Waals surface area contributed by atoms with E-state index < -0.39 is 19.0 Å². The Morgan fingerprint density at radius 2 is 1.04 bits per heavy atom. The molecule has 0 spiro atoms. The predicted molar refractivity (Wildman–Crippen MR) is 90.4 cm³/mol. The van der Waals surface area contributed by atoms with Crippen LogP contribution in [0.5, 0.6) is 0 Å². The highest BCUT2D eigenvalue weighted by Gasteiger charge is 2.24. The molecule has 0 bridgehead atoms. The number of hydrogen-bond acceptors (Lipinski definition) is 3. The molecule has 23 heavy (non-hydrogen) atoms. The van der Waals surface area contributed by atoms with Crippen LogP contribution in [-0.2, 0) is 4.57 Å². The summed E-state index contributed by atoms with van der Waals surface area (Å²) in [6.45, 7) is 7.63. The fourth-order valence-electron chi connectivity index (χ4n) is 1.66. The van der Waals surface area contributed by atoms with Gasteiger partial charge in [0.15, 0.2) is 0 Å². The summed E-state index contributed by atoms with van der Waals surface area (Å²) in [5.41, 5.74) is -1.26. The Morgan fingerprint density at radius 1 is 0.783 bits per heavy atom. The number of allylic oxidation sites excluding steroid dienone is 4. The number of hydrogen-bond donors (Lipinski definition) is 5. The molecule has 0 aromatic heterocycles. The minimum atomic E-state index is -4.64. The molecule has 0 amide bonds. The molecule has 5 N–H and O–H groups in total. The normalized spacial score (nSPS) is 35.0. The van der Waals surface area contributed by atoms with Gasteiger partial charge in [0.25, 0.3) is 0 Å². The lowest BCUT2D eigenvalue weighted by atomic mass is 9.87. The predicted octanol–water partition coefficient (Wildman–Crippen LogP) is 2.07. The highest BCUT2D eigenvalue weighted by Crippen LogP contribution is 2.26. The Balaban J connectivity index is 0.000000332. The van der Waals surface area contributed by atoms with Crippen LogP contribution in [0.25, 0.3) is 0 Å². The van der Waals surface area contributed by atoms with Gasteiger partial charge >= 0.3 is 7.82 Å². The van der Waals surface area contributed by atoms with Crippen LogP contribution in [0.2, 0.25) is 0 Å². The molecule has 0 aromatic rings. The summed E-state index contributed by atoms with van der Waals surface area (Å²) >= 11 is 0. The van der Waals surface area contributed by atoms with Gasteiger partial charge in [-0.15, -0.1) is 0 Å². The van der Waals surface area contributed by atoms with Gasteiger partial charge in [-0.25, -0.2) is 4.57 Å². The SMILES string of the molecule is CC1C=CC=CC1(C)O.CC1C=CC=CC1(C)O.O=P(O)(O)O. The van der Waals surface area contributed by atoms with Crippen LogP contribution in [0.4, 0.5) is 0 Å². The molecule has 7 heteroatoms. The summed E-state index contributed by atoms with van der Waals surface area (Å²) < 4.78 is 8.88. The first-order valence-electron chi connectivity index (χ1n) is 7.21. The zero-order valence-corrected chi connectivity index (χ0v) is 14.8. The van der Waals surface area contributed by atoms with Gasteiger partial charge in [0.05, 0.1) is 11.2 Å². The Bertz CT molecular complexity index is 478. The molecule has 0 saturated heterocycles. The van der Waals surface area contributed by atoms with E-state index in [0.29, 0.717) is 0 Å². The van der Waals surface area contributed by atoms with E-state index in [0.717, 1.165) is 0 Å². The van der Waals surface area contributed by atoms with Crippen LogP contribution in [0, 0.1) is 11.8 Å². The maximum atomic E-state index is 9.50. The lowest BCUT2D eigenvalue weighted by molar-refractivity contribution is 0.0726. The second-order valence-electron chi connectivity index (χ2n) is 6.03. The van der Waals surface area contributed by atoms with E-state index in [1.165, 1.54) is 0 Å². The summed E-state index contributed by atoms with van der Waals surface area (Å²) in [6.07, 6.45) is 15.3. The monoisotopic (exact) mass is 346 g/mol. The quantitative estimate of drug-likeness (QED) is 0.429.